The second-order valence-electron chi connectivity index (χ2n) is 6.45. The average Bonchev–Trinajstić information content (AvgIpc) is 2.83. The fourth-order valence-corrected chi connectivity index (χ4v) is 3.39. The SMILES string of the molecule is Cc1nc([N+](=O)[O-])cn1CC(=O)N1CCC[C@H](c2ccccc2)CC1. The quantitative estimate of drug-likeness (QED) is 0.632. The maximum atomic E-state index is 12.6. The molecule has 1 saturated heterocycles. The van der Waals surface area contributed by atoms with Crippen molar-refractivity contribution >= 4 is 11.7 Å². The predicted octanol–water partition coefficient (Wildman–Crippen LogP) is 2.90. The Morgan fingerprint density at radius 2 is 2.04 bits per heavy atom. The van der Waals surface area contributed by atoms with E-state index in [1.54, 1.807) is 11.5 Å². The van der Waals surface area contributed by atoms with Gasteiger partial charge in [-0.05, 0) is 40.7 Å². The highest BCUT2D eigenvalue weighted by molar-refractivity contribution is 5.76. The van der Waals surface area contributed by atoms with Gasteiger partial charge in [-0.25, -0.2) is 0 Å². The number of likely N-dealkylation sites (tertiary alicyclic amines) is 1. The van der Waals surface area contributed by atoms with Gasteiger partial charge in [-0.1, -0.05) is 30.3 Å². The molecule has 25 heavy (non-hydrogen) atoms. The van der Waals surface area contributed by atoms with Crippen LogP contribution in [0.5, 0.6) is 0 Å². The number of aryl methyl sites for hydroxylation is 1. The van der Waals surface area contributed by atoms with E-state index in [0.29, 0.717) is 18.3 Å². The van der Waals surface area contributed by atoms with E-state index >= 15 is 0 Å². The molecule has 7 heteroatoms. The molecule has 132 valence electrons. The minimum atomic E-state index is -0.537. The molecule has 1 aromatic carbocycles. The number of hydrogen-bond donors (Lipinski definition) is 0. The normalized spacial score (nSPS) is 18.0. The summed E-state index contributed by atoms with van der Waals surface area (Å²) in [4.78, 5) is 28.6. The molecule has 0 spiro atoms. The van der Waals surface area contributed by atoms with E-state index < -0.39 is 4.92 Å². The van der Waals surface area contributed by atoms with Crippen LogP contribution in [-0.4, -0.2) is 38.4 Å². The van der Waals surface area contributed by atoms with Gasteiger partial charge in [-0.15, -0.1) is 0 Å². The van der Waals surface area contributed by atoms with Crippen LogP contribution >= 0.6 is 0 Å². The summed E-state index contributed by atoms with van der Waals surface area (Å²) >= 11 is 0. The fraction of sp³-hybridized carbons (Fsp3) is 0.444. The Morgan fingerprint density at radius 3 is 2.72 bits per heavy atom. The Labute approximate surface area is 146 Å². The smallest absolute Gasteiger partial charge is 0.358 e. The second kappa shape index (κ2) is 7.46. The van der Waals surface area contributed by atoms with Gasteiger partial charge < -0.3 is 15.0 Å². The van der Waals surface area contributed by atoms with Crippen molar-refractivity contribution in [3.63, 3.8) is 0 Å². The molecule has 3 rings (SSSR count). The first-order chi connectivity index (χ1) is 12.0. The van der Waals surface area contributed by atoms with Crippen LogP contribution in [0.1, 0.15) is 36.6 Å². The number of nitrogens with zero attached hydrogens (tertiary/aromatic N) is 4. The maximum Gasteiger partial charge on any atom is 0.381 e. The highest BCUT2D eigenvalue weighted by atomic mass is 16.6. The van der Waals surface area contributed by atoms with Gasteiger partial charge in [0.2, 0.25) is 11.7 Å². The predicted molar refractivity (Wildman–Crippen MR) is 93.2 cm³/mol. The Kier molecular flexibility index (Phi) is 5.11. The van der Waals surface area contributed by atoms with Crippen molar-refractivity contribution in [3.8, 4) is 0 Å². The van der Waals surface area contributed by atoms with Crippen molar-refractivity contribution in [2.24, 2.45) is 0 Å². The highest BCUT2D eigenvalue weighted by Gasteiger charge is 2.23. The number of carbonyl (C=O) groups is 1. The zero-order chi connectivity index (χ0) is 17.8. The van der Waals surface area contributed by atoms with Crippen LogP contribution in [0.2, 0.25) is 0 Å². The van der Waals surface area contributed by atoms with E-state index in [1.807, 2.05) is 11.0 Å². The number of imidazole rings is 1. The molecule has 2 aromatic rings. The number of benzene rings is 1. The van der Waals surface area contributed by atoms with Gasteiger partial charge in [0.05, 0.1) is 0 Å². The Hall–Kier alpha value is -2.70. The summed E-state index contributed by atoms with van der Waals surface area (Å²) in [5, 5.41) is 10.8. The van der Waals surface area contributed by atoms with Crippen molar-refractivity contribution in [1.29, 1.82) is 0 Å². The van der Waals surface area contributed by atoms with Crippen molar-refractivity contribution < 1.29 is 9.72 Å². The molecule has 0 unspecified atom stereocenters. The fourth-order valence-electron chi connectivity index (χ4n) is 3.39. The summed E-state index contributed by atoms with van der Waals surface area (Å²) < 4.78 is 1.56. The van der Waals surface area contributed by atoms with Crippen LogP contribution < -0.4 is 0 Å². The first kappa shape index (κ1) is 17.1. The maximum absolute atomic E-state index is 12.6. The van der Waals surface area contributed by atoms with E-state index in [-0.39, 0.29) is 18.3 Å². The van der Waals surface area contributed by atoms with Crippen LogP contribution in [0, 0.1) is 17.0 Å². The first-order valence-electron chi connectivity index (χ1n) is 8.55. The van der Waals surface area contributed by atoms with Crippen LogP contribution in [-0.2, 0) is 11.3 Å². The number of hydrogen-bond acceptors (Lipinski definition) is 4. The van der Waals surface area contributed by atoms with Crippen LogP contribution in [0.25, 0.3) is 0 Å². The summed E-state index contributed by atoms with van der Waals surface area (Å²) in [6, 6.07) is 10.4. The molecule has 0 aliphatic carbocycles. The van der Waals surface area contributed by atoms with Gasteiger partial charge >= 0.3 is 5.82 Å². The summed E-state index contributed by atoms with van der Waals surface area (Å²) in [7, 11) is 0. The van der Waals surface area contributed by atoms with E-state index in [0.717, 1.165) is 25.8 Å². The van der Waals surface area contributed by atoms with E-state index in [1.165, 1.54) is 11.8 Å². The highest BCUT2D eigenvalue weighted by Crippen LogP contribution is 2.28. The molecule has 1 amide bonds. The third-order valence-electron chi connectivity index (χ3n) is 4.81. The lowest BCUT2D eigenvalue weighted by molar-refractivity contribution is -0.389. The zero-order valence-electron chi connectivity index (χ0n) is 14.3. The van der Waals surface area contributed by atoms with Crippen molar-refractivity contribution in [1.82, 2.24) is 14.5 Å². The van der Waals surface area contributed by atoms with Crippen LogP contribution in [0.3, 0.4) is 0 Å². The first-order valence-corrected chi connectivity index (χ1v) is 8.55. The Bertz CT molecular complexity index is 757. The number of amides is 1. The van der Waals surface area contributed by atoms with E-state index in [4.69, 9.17) is 0 Å². The van der Waals surface area contributed by atoms with Gasteiger partial charge in [-0.3, -0.25) is 9.36 Å². The molecular formula is C18H22N4O3. The third-order valence-corrected chi connectivity index (χ3v) is 4.81. The summed E-state index contributed by atoms with van der Waals surface area (Å²) in [6.45, 7) is 3.23. The van der Waals surface area contributed by atoms with Crippen molar-refractivity contribution in [3.05, 3.63) is 58.0 Å². The molecule has 1 fully saturated rings. The van der Waals surface area contributed by atoms with Gasteiger partial charge in [0.25, 0.3) is 0 Å². The minimum Gasteiger partial charge on any atom is -0.358 e. The molecule has 1 atom stereocenters. The molecule has 0 N–H and O–H groups in total. The largest absolute Gasteiger partial charge is 0.381 e. The third kappa shape index (κ3) is 4.04. The lowest BCUT2D eigenvalue weighted by Crippen LogP contribution is -2.34. The van der Waals surface area contributed by atoms with E-state index in [2.05, 4.69) is 29.2 Å². The molecule has 0 bridgehead atoms. The van der Waals surface area contributed by atoms with Gasteiger partial charge in [0.1, 0.15) is 12.7 Å². The van der Waals surface area contributed by atoms with Gasteiger partial charge in [-0.2, -0.15) is 0 Å². The van der Waals surface area contributed by atoms with Crippen molar-refractivity contribution in [2.75, 3.05) is 13.1 Å². The number of carbonyl (C=O) groups excluding carboxylic acids is 1. The molecule has 1 aliphatic heterocycles. The molecule has 0 radical (unpaired) electrons. The topological polar surface area (TPSA) is 81.3 Å². The monoisotopic (exact) mass is 342 g/mol. The molecule has 1 aliphatic rings. The molecule has 7 nitrogen and oxygen atoms in total. The Morgan fingerprint density at radius 1 is 1.28 bits per heavy atom. The van der Waals surface area contributed by atoms with Crippen LogP contribution in [0.15, 0.2) is 36.5 Å². The van der Waals surface area contributed by atoms with Crippen molar-refractivity contribution in [2.45, 2.75) is 38.6 Å². The van der Waals surface area contributed by atoms with Gasteiger partial charge in [0, 0.05) is 20.0 Å². The van der Waals surface area contributed by atoms with Gasteiger partial charge in [0.15, 0.2) is 0 Å². The molecular weight excluding hydrogens is 320 g/mol. The summed E-state index contributed by atoms with van der Waals surface area (Å²) in [5.74, 6) is 0.738. The Balaban J connectivity index is 1.62. The molecule has 2 heterocycles. The lowest BCUT2D eigenvalue weighted by Gasteiger charge is -2.21. The number of rotatable bonds is 4. The zero-order valence-corrected chi connectivity index (χ0v) is 14.3. The van der Waals surface area contributed by atoms with E-state index in [9.17, 15) is 14.9 Å². The second-order valence-corrected chi connectivity index (χ2v) is 6.45. The summed E-state index contributed by atoms with van der Waals surface area (Å²) in [5.41, 5.74) is 1.33. The lowest BCUT2D eigenvalue weighted by atomic mass is 9.92. The summed E-state index contributed by atoms with van der Waals surface area (Å²) in [6.07, 6.45) is 4.31. The standard InChI is InChI=1S/C18H22N4O3/c1-14-19-17(22(24)25)12-21(14)13-18(23)20-10-5-8-16(9-11-20)15-6-3-2-4-7-15/h2-4,6-7,12,16H,5,8-11,13H2,1H3/t16-/m0/s1. The number of aromatic nitrogens is 2. The molecule has 0 saturated carbocycles. The molecule has 1 aromatic heterocycles. The van der Waals surface area contributed by atoms with Crippen LogP contribution in [0.4, 0.5) is 5.82 Å². The number of nitro groups is 1. The average molecular weight is 342 g/mol. The minimum absolute atomic E-state index is 0.0101.